The third kappa shape index (κ3) is 3.07. The first-order valence-corrected chi connectivity index (χ1v) is 9.01. The van der Waals surface area contributed by atoms with E-state index in [2.05, 4.69) is 20.9 Å². The van der Waals surface area contributed by atoms with Crippen LogP contribution in [0.25, 0.3) is 31.8 Å². The summed E-state index contributed by atoms with van der Waals surface area (Å²) in [5.41, 5.74) is 4.49. The summed E-state index contributed by atoms with van der Waals surface area (Å²) in [6.45, 7) is 4.64. The maximum atomic E-state index is 5.59. The van der Waals surface area contributed by atoms with Crippen molar-refractivity contribution in [2.45, 2.75) is 13.8 Å². The van der Waals surface area contributed by atoms with Crippen LogP contribution in [0.4, 0.5) is 0 Å². The van der Waals surface area contributed by atoms with Gasteiger partial charge in [0.15, 0.2) is 0 Å². The van der Waals surface area contributed by atoms with Gasteiger partial charge in [-0.15, -0.1) is 11.3 Å². The lowest BCUT2D eigenvalue weighted by atomic mass is 10.1. The van der Waals surface area contributed by atoms with E-state index >= 15 is 0 Å². The zero-order valence-corrected chi connectivity index (χ0v) is 15.5. The summed E-state index contributed by atoms with van der Waals surface area (Å²) in [6.07, 6.45) is 1.55. The van der Waals surface area contributed by atoms with Crippen LogP contribution >= 0.6 is 11.3 Å². The summed E-state index contributed by atoms with van der Waals surface area (Å²) in [4.78, 5) is 23.4. The number of hydrogen-bond acceptors (Lipinski definition) is 7. The van der Waals surface area contributed by atoms with E-state index < -0.39 is 0 Å². The monoisotopic (exact) mass is 367 g/mol. The standard InChI is InChI=1S/C19H17N3O3S/c1-4-24-12-5-6-14-16(9-12)26-19(22-14)13-7-11(2)8-15-18(13)20-10-17(21-15)25-23-3/h5-10H,4H2,1-3H3. The summed E-state index contributed by atoms with van der Waals surface area (Å²) < 4.78 is 6.66. The molecule has 0 fully saturated rings. The molecule has 2 aromatic heterocycles. The van der Waals surface area contributed by atoms with Gasteiger partial charge in [-0.3, -0.25) is 0 Å². The summed E-state index contributed by atoms with van der Waals surface area (Å²) >= 11 is 1.61. The molecule has 0 bridgehead atoms. The van der Waals surface area contributed by atoms with Crippen molar-refractivity contribution in [2.24, 2.45) is 0 Å². The molecule has 0 atom stereocenters. The van der Waals surface area contributed by atoms with Gasteiger partial charge in [-0.05, 0) is 49.7 Å². The number of rotatable bonds is 5. The zero-order chi connectivity index (χ0) is 18.1. The van der Waals surface area contributed by atoms with E-state index in [1.54, 1.807) is 17.5 Å². The lowest BCUT2D eigenvalue weighted by Crippen LogP contribution is -1.96. The molecule has 26 heavy (non-hydrogen) atoms. The van der Waals surface area contributed by atoms with Crippen LogP contribution < -0.4 is 9.62 Å². The molecule has 6 nitrogen and oxygen atoms in total. The minimum atomic E-state index is 0.321. The Morgan fingerprint density at radius 2 is 1.96 bits per heavy atom. The molecule has 4 rings (SSSR count). The van der Waals surface area contributed by atoms with Gasteiger partial charge < -0.3 is 9.62 Å². The van der Waals surface area contributed by atoms with Crippen LogP contribution in [0.3, 0.4) is 0 Å². The molecule has 0 aliphatic rings. The molecular weight excluding hydrogens is 350 g/mol. The largest absolute Gasteiger partial charge is 0.494 e. The molecule has 0 spiro atoms. The highest BCUT2D eigenvalue weighted by Gasteiger charge is 2.14. The Balaban J connectivity index is 1.86. The first-order valence-electron chi connectivity index (χ1n) is 8.19. The normalized spacial score (nSPS) is 11.2. The molecule has 0 amide bonds. The molecule has 7 heteroatoms. The molecule has 4 aromatic rings. The van der Waals surface area contributed by atoms with E-state index in [-0.39, 0.29) is 0 Å². The summed E-state index contributed by atoms with van der Waals surface area (Å²) in [5, 5.41) is 0.900. The predicted octanol–water partition coefficient (Wildman–Crippen LogP) is 4.55. The average molecular weight is 367 g/mol. The first kappa shape index (κ1) is 16.7. The van der Waals surface area contributed by atoms with Crippen LogP contribution in [-0.4, -0.2) is 28.7 Å². The highest BCUT2D eigenvalue weighted by molar-refractivity contribution is 7.21. The number of thiazole rings is 1. The molecule has 0 unspecified atom stereocenters. The Morgan fingerprint density at radius 3 is 2.77 bits per heavy atom. The topological polar surface area (TPSA) is 66.4 Å². The van der Waals surface area contributed by atoms with Crippen molar-refractivity contribution < 1.29 is 14.5 Å². The Hall–Kier alpha value is -2.77. The van der Waals surface area contributed by atoms with Crippen molar-refractivity contribution in [3.63, 3.8) is 0 Å². The number of hydrogen-bond donors (Lipinski definition) is 0. The second-order valence-electron chi connectivity index (χ2n) is 5.72. The van der Waals surface area contributed by atoms with Crippen molar-refractivity contribution >= 4 is 32.6 Å². The van der Waals surface area contributed by atoms with Crippen molar-refractivity contribution in [2.75, 3.05) is 13.7 Å². The van der Waals surface area contributed by atoms with E-state index in [1.807, 2.05) is 38.1 Å². The SMILES string of the molecule is CCOc1ccc2nc(-c3cc(C)cc4nc(OOC)cnc34)sc2c1. The van der Waals surface area contributed by atoms with Gasteiger partial charge in [0, 0.05) is 5.56 Å². The highest BCUT2D eigenvalue weighted by Crippen LogP contribution is 2.36. The molecular formula is C19H17N3O3S. The summed E-state index contributed by atoms with van der Waals surface area (Å²) in [5.74, 6) is 1.17. The average Bonchev–Trinajstić information content (AvgIpc) is 3.04. The predicted molar refractivity (Wildman–Crippen MR) is 102 cm³/mol. The van der Waals surface area contributed by atoms with E-state index in [1.165, 1.54) is 7.11 Å². The molecule has 2 heterocycles. The number of nitrogens with zero attached hydrogens (tertiary/aromatic N) is 3. The van der Waals surface area contributed by atoms with Gasteiger partial charge in [0.05, 0.1) is 41.2 Å². The fourth-order valence-corrected chi connectivity index (χ4v) is 3.82. The third-order valence-electron chi connectivity index (χ3n) is 3.84. The first-order chi connectivity index (χ1) is 12.7. The van der Waals surface area contributed by atoms with Gasteiger partial charge in [-0.25, -0.2) is 15.0 Å². The highest BCUT2D eigenvalue weighted by atomic mass is 32.1. The van der Waals surface area contributed by atoms with E-state index in [0.717, 1.165) is 43.1 Å². The molecule has 0 saturated carbocycles. The molecule has 0 radical (unpaired) electrons. The minimum absolute atomic E-state index is 0.321. The second kappa shape index (κ2) is 6.86. The lowest BCUT2D eigenvalue weighted by Gasteiger charge is -2.06. The Morgan fingerprint density at radius 1 is 1.08 bits per heavy atom. The van der Waals surface area contributed by atoms with E-state index in [4.69, 9.17) is 14.6 Å². The van der Waals surface area contributed by atoms with Crippen molar-refractivity contribution in [1.29, 1.82) is 0 Å². The number of aromatic nitrogens is 3. The second-order valence-corrected chi connectivity index (χ2v) is 6.75. The lowest BCUT2D eigenvalue weighted by molar-refractivity contribution is -0.181. The third-order valence-corrected chi connectivity index (χ3v) is 4.89. The van der Waals surface area contributed by atoms with Gasteiger partial charge in [0.2, 0.25) is 0 Å². The summed E-state index contributed by atoms with van der Waals surface area (Å²) in [6, 6.07) is 9.99. The van der Waals surface area contributed by atoms with Crippen molar-refractivity contribution in [3.8, 4) is 22.2 Å². The van der Waals surface area contributed by atoms with Crippen molar-refractivity contribution in [1.82, 2.24) is 15.0 Å². The quantitative estimate of drug-likeness (QED) is 0.381. The number of fused-ring (bicyclic) bond motifs is 2. The molecule has 0 N–H and O–H groups in total. The smallest absolute Gasteiger partial charge is 0.275 e. The van der Waals surface area contributed by atoms with Crippen LogP contribution in [0.5, 0.6) is 11.6 Å². The van der Waals surface area contributed by atoms with Crippen LogP contribution in [-0.2, 0) is 4.89 Å². The van der Waals surface area contributed by atoms with Crippen LogP contribution in [0.1, 0.15) is 12.5 Å². The Kier molecular flexibility index (Phi) is 4.40. The minimum Gasteiger partial charge on any atom is -0.494 e. The Labute approximate surface area is 154 Å². The molecule has 132 valence electrons. The van der Waals surface area contributed by atoms with Crippen LogP contribution in [0.15, 0.2) is 36.5 Å². The van der Waals surface area contributed by atoms with Gasteiger partial charge >= 0.3 is 0 Å². The van der Waals surface area contributed by atoms with E-state index in [0.29, 0.717) is 12.5 Å². The molecule has 0 aliphatic heterocycles. The Bertz CT molecular complexity index is 1090. The zero-order valence-electron chi connectivity index (χ0n) is 14.6. The molecule has 2 aromatic carbocycles. The maximum absolute atomic E-state index is 5.59. The van der Waals surface area contributed by atoms with Gasteiger partial charge in [-0.1, -0.05) is 0 Å². The molecule has 0 aliphatic carbocycles. The van der Waals surface area contributed by atoms with Gasteiger partial charge in [0.25, 0.3) is 5.88 Å². The van der Waals surface area contributed by atoms with Crippen LogP contribution in [0.2, 0.25) is 0 Å². The molecule has 0 saturated heterocycles. The number of aryl methyl sites for hydroxylation is 1. The van der Waals surface area contributed by atoms with E-state index in [9.17, 15) is 0 Å². The summed E-state index contributed by atoms with van der Waals surface area (Å²) in [7, 11) is 1.44. The van der Waals surface area contributed by atoms with Gasteiger partial charge in [0.1, 0.15) is 10.8 Å². The fraction of sp³-hybridized carbons (Fsp3) is 0.211. The van der Waals surface area contributed by atoms with Crippen LogP contribution in [0, 0.1) is 6.92 Å². The maximum Gasteiger partial charge on any atom is 0.275 e. The van der Waals surface area contributed by atoms with Gasteiger partial charge in [-0.2, -0.15) is 4.89 Å². The fourth-order valence-electron chi connectivity index (χ4n) is 2.81. The number of benzene rings is 2. The number of ether oxygens (including phenoxy) is 1. The van der Waals surface area contributed by atoms with Crippen molar-refractivity contribution in [3.05, 3.63) is 42.1 Å².